The molecule has 0 bridgehead atoms. The Morgan fingerprint density at radius 2 is 1.89 bits per heavy atom. The second kappa shape index (κ2) is 6.44. The molecule has 1 aromatic heterocycles. The van der Waals surface area contributed by atoms with E-state index >= 15 is 0 Å². The first-order valence-corrected chi connectivity index (χ1v) is 7.18. The van der Waals surface area contributed by atoms with Gasteiger partial charge >= 0.3 is 0 Å². The zero-order chi connectivity index (χ0) is 13.8. The quantitative estimate of drug-likeness (QED) is 0.767. The predicted octanol–water partition coefficient (Wildman–Crippen LogP) is 2.34. The first kappa shape index (κ1) is 14.4. The summed E-state index contributed by atoms with van der Waals surface area (Å²) in [6, 6.07) is 0. The van der Waals surface area contributed by atoms with Crippen molar-refractivity contribution in [2.45, 2.75) is 45.6 Å². The number of rotatable bonds is 7. The molecule has 0 spiro atoms. The highest BCUT2D eigenvalue weighted by Crippen LogP contribution is 2.42. The smallest absolute Gasteiger partial charge is 0.157 e. The van der Waals surface area contributed by atoms with Gasteiger partial charge in [0.25, 0.3) is 0 Å². The molecular formula is C15H25N3O. The number of hydrogen-bond donors (Lipinski definition) is 1. The third kappa shape index (κ3) is 3.51. The molecule has 19 heavy (non-hydrogen) atoms. The van der Waals surface area contributed by atoms with Crippen molar-refractivity contribution in [2.24, 2.45) is 5.92 Å². The van der Waals surface area contributed by atoms with E-state index in [2.05, 4.69) is 29.1 Å². The first-order chi connectivity index (χ1) is 9.17. The maximum atomic E-state index is 5.57. The number of aryl methyl sites for hydroxylation is 2. The number of nitrogens with zero attached hydrogens (tertiary/aromatic N) is 2. The summed E-state index contributed by atoms with van der Waals surface area (Å²) in [6.45, 7) is 5.21. The fourth-order valence-electron chi connectivity index (χ4n) is 2.60. The Labute approximate surface area is 116 Å². The number of nitrogens with one attached hydrogen (secondary N) is 1. The highest BCUT2D eigenvalue weighted by molar-refractivity contribution is 5.25. The van der Waals surface area contributed by atoms with Crippen LogP contribution in [0.2, 0.25) is 0 Å². The van der Waals surface area contributed by atoms with Crippen LogP contribution in [0, 0.1) is 19.8 Å². The lowest BCUT2D eigenvalue weighted by Gasteiger charge is -2.16. The third-order valence-corrected chi connectivity index (χ3v) is 3.85. The molecular weight excluding hydrogens is 238 g/mol. The molecule has 1 N–H and O–H groups in total. The summed E-state index contributed by atoms with van der Waals surface area (Å²) in [4.78, 5) is 9.38. The number of aromatic nitrogens is 2. The average Bonchev–Trinajstić information content (AvgIpc) is 3.18. The maximum absolute atomic E-state index is 5.57. The van der Waals surface area contributed by atoms with Crippen LogP contribution < -0.4 is 5.32 Å². The molecule has 4 heteroatoms. The van der Waals surface area contributed by atoms with E-state index in [4.69, 9.17) is 4.74 Å². The fourth-order valence-corrected chi connectivity index (χ4v) is 2.60. The Morgan fingerprint density at radius 3 is 2.37 bits per heavy atom. The normalized spacial score (nSPS) is 16.6. The summed E-state index contributed by atoms with van der Waals surface area (Å²) < 4.78 is 5.57. The summed E-state index contributed by atoms with van der Waals surface area (Å²) in [5, 5.41) is 3.18. The number of ether oxygens (including phenoxy) is 1. The highest BCUT2D eigenvalue weighted by Gasteiger charge is 2.34. The zero-order valence-electron chi connectivity index (χ0n) is 12.5. The van der Waals surface area contributed by atoms with Crippen molar-refractivity contribution in [3.8, 4) is 0 Å². The summed E-state index contributed by atoms with van der Waals surface area (Å²) in [7, 11) is 3.75. The summed E-state index contributed by atoms with van der Waals surface area (Å²) >= 11 is 0. The Kier molecular flexibility index (Phi) is 4.88. The molecule has 1 aliphatic rings. The number of methoxy groups -OCH3 is 1. The topological polar surface area (TPSA) is 47.0 Å². The van der Waals surface area contributed by atoms with E-state index in [1.165, 1.54) is 18.4 Å². The molecule has 0 amide bonds. The molecule has 2 rings (SSSR count). The lowest BCUT2D eigenvalue weighted by Crippen LogP contribution is -2.14. The molecule has 106 valence electrons. The van der Waals surface area contributed by atoms with Gasteiger partial charge in [-0.05, 0) is 64.6 Å². The summed E-state index contributed by atoms with van der Waals surface area (Å²) in [5.74, 6) is 1.50. The SMILES string of the molecule is CNCCCc1c(C)nc(C(OC)C2CC2)nc1C. The van der Waals surface area contributed by atoms with Crippen LogP contribution in [0.3, 0.4) is 0 Å². The second-order valence-electron chi connectivity index (χ2n) is 5.43. The predicted molar refractivity (Wildman–Crippen MR) is 76.2 cm³/mol. The molecule has 1 heterocycles. The summed E-state index contributed by atoms with van der Waals surface area (Å²) in [5.41, 5.74) is 3.52. The average molecular weight is 263 g/mol. The van der Waals surface area contributed by atoms with Crippen molar-refractivity contribution in [3.63, 3.8) is 0 Å². The van der Waals surface area contributed by atoms with Gasteiger partial charge in [-0.25, -0.2) is 9.97 Å². The van der Waals surface area contributed by atoms with Gasteiger partial charge in [-0.2, -0.15) is 0 Å². The van der Waals surface area contributed by atoms with Crippen LogP contribution in [0.1, 0.15) is 48.1 Å². The van der Waals surface area contributed by atoms with E-state index in [-0.39, 0.29) is 6.10 Å². The van der Waals surface area contributed by atoms with Crippen LogP contribution in [-0.2, 0) is 11.2 Å². The first-order valence-electron chi connectivity index (χ1n) is 7.18. The van der Waals surface area contributed by atoms with Crippen LogP contribution in [-0.4, -0.2) is 30.7 Å². The Balaban J connectivity index is 2.15. The van der Waals surface area contributed by atoms with Gasteiger partial charge in [0.05, 0.1) is 0 Å². The van der Waals surface area contributed by atoms with Crippen LogP contribution in [0.4, 0.5) is 0 Å². The minimum Gasteiger partial charge on any atom is -0.373 e. The maximum Gasteiger partial charge on any atom is 0.157 e. The molecule has 0 aromatic carbocycles. The molecule has 0 saturated heterocycles. The molecule has 1 atom stereocenters. The Bertz CT molecular complexity index is 406. The lowest BCUT2D eigenvalue weighted by atomic mass is 10.1. The molecule has 1 aromatic rings. The zero-order valence-corrected chi connectivity index (χ0v) is 12.5. The molecule has 0 radical (unpaired) electrons. The Hall–Kier alpha value is -1.00. The van der Waals surface area contributed by atoms with E-state index < -0.39 is 0 Å². The lowest BCUT2D eigenvalue weighted by molar-refractivity contribution is 0.0768. The minimum absolute atomic E-state index is 0.0868. The molecule has 4 nitrogen and oxygen atoms in total. The van der Waals surface area contributed by atoms with E-state index in [1.807, 2.05) is 7.05 Å². The van der Waals surface area contributed by atoms with Gasteiger partial charge in [0, 0.05) is 18.5 Å². The molecule has 1 unspecified atom stereocenters. The van der Waals surface area contributed by atoms with Gasteiger partial charge in [-0.1, -0.05) is 0 Å². The third-order valence-electron chi connectivity index (χ3n) is 3.85. The standard InChI is InChI=1S/C15H25N3O/c1-10-13(6-5-9-16-3)11(2)18-15(17-10)14(19-4)12-7-8-12/h12,14,16H,5-9H2,1-4H3. The van der Waals surface area contributed by atoms with E-state index in [1.54, 1.807) is 7.11 Å². The summed E-state index contributed by atoms with van der Waals surface area (Å²) in [6.07, 6.45) is 4.73. The molecule has 1 saturated carbocycles. The van der Waals surface area contributed by atoms with Crippen molar-refractivity contribution in [1.82, 2.24) is 15.3 Å². The van der Waals surface area contributed by atoms with Crippen molar-refractivity contribution < 1.29 is 4.74 Å². The van der Waals surface area contributed by atoms with Crippen molar-refractivity contribution in [2.75, 3.05) is 20.7 Å². The second-order valence-corrected chi connectivity index (χ2v) is 5.43. The van der Waals surface area contributed by atoms with Gasteiger partial charge < -0.3 is 10.1 Å². The number of hydrogen-bond acceptors (Lipinski definition) is 4. The van der Waals surface area contributed by atoms with Crippen molar-refractivity contribution in [1.29, 1.82) is 0 Å². The molecule has 1 aliphatic carbocycles. The van der Waals surface area contributed by atoms with Crippen molar-refractivity contribution in [3.05, 3.63) is 22.8 Å². The van der Waals surface area contributed by atoms with Crippen LogP contribution >= 0.6 is 0 Å². The van der Waals surface area contributed by atoms with Gasteiger partial charge in [-0.3, -0.25) is 0 Å². The van der Waals surface area contributed by atoms with Gasteiger partial charge in [0.2, 0.25) is 0 Å². The van der Waals surface area contributed by atoms with Gasteiger partial charge in [-0.15, -0.1) is 0 Å². The van der Waals surface area contributed by atoms with Gasteiger partial charge in [0.15, 0.2) is 5.82 Å². The Morgan fingerprint density at radius 1 is 1.26 bits per heavy atom. The van der Waals surface area contributed by atoms with E-state index in [0.29, 0.717) is 5.92 Å². The van der Waals surface area contributed by atoms with Crippen molar-refractivity contribution >= 4 is 0 Å². The van der Waals surface area contributed by atoms with Crippen LogP contribution in [0.15, 0.2) is 0 Å². The fraction of sp³-hybridized carbons (Fsp3) is 0.733. The van der Waals surface area contributed by atoms with Crippen LogP contribution in [0.25, 0.3) is 0 Å². The minimum atomic E-state index is 0.0868. The van der Waals surface area contributed by atoms with Crippen LogP contribution in [0.5, 0.6) is 0 Å². The van der Waals surface area contributed by atoms with Gasteiger partial charge in [0.1, 0.15) is 6.10 Å². The van der Waals surface area contributed by atoms with E-state index in [9.17, 15) is 0 Å². The highest BCUT2D eigenvalue weighted by atomic mass is 16.5. The van der Waals surface area contributed by atoms with E-state index in [0.717, 1.165) is 36.6 Å². The largest absolute Gasteiger partial charge is 0.373 e. The molecule has 1 fully saturated rings. The monoisotopic (exact) mass is 263 g/mol. The molecule has 0 aliphatic heterocycles.